The normalized spacial score (nSPS) is 10.4. The van der Waals surface area contributed by atoms with Gasteiger partial charge in [-0.25, -0.2) is 4.79 Å². The molecule has 0 saturated heterocycles. The fourth-order valence-corrected chi connectivity index (χ4v) is 3.55. The molecule has 0 aliphatic carbocycles. The van der Waals surface area contributed by atoms with Crippen LogP contribution in [0, 0.1) is 6.92 Å². The maximum absolute atomic E-state index is 12.5. The fraction of sp³-hybridized carbons (Fsp3) is 0.174. The number of ketones is 1. The minimum atomic E-state index is -0.508. The number of hydrogen-bond donors (Lipinski definition) is 1. The Kier molecular flexibility index (Phi) is 6.57. The van der Waals surface area contributed by atoms with Gasteiger partial charge in [-0.1, -0.05) is 54.1 Å². The van der Waals surface area contributed by atoms with Gasteiger partial charge in [0.15, 0.2) is 12.4 Å². The van der Waals surface area contributed by atoms with Gasteiger partial charge in [-0.3, -0.25) is 9.59 Å². The average Bonchev–Trinajstić information content (AvgIpc) is 3.21. The molecule has 3 aromatic rings. The van der Waals surface area contributed by atoms with Crippen LogP contribution in [-0.4, -0.2) is 24.3 Å². The molecule has 3 rings (SSSR count). The largest absolute Gasteiger partial charge is 0.453 e. The summed E-state index contributed by atoms with van der Waals surface area (Å²) in [6.07, 6.45) is 0. The maximum Gasteiger partial charge on any atom is 0.349 e. The summed E-state index contributed by atoms with van der Waals surface area (Å²) in [5, 5.41) is 4.53. The molecule has 0 saturated carbocycles. The minimum absolute atomic E-state index is 0.115. The molecular weight excluding hydrogens is 386 g/mol. The number of thiophene rings is 1. The zero-order valence-corrected chi connectivity index (χ0v) is 17.0. The molecule has 0 spiro atoms. The Hall–Kier alpha value is -3.25. The van der Waals surface area contributed by atoms with Crippen molar-refractivity contribution in [2.45, 2.75) is 20.4 Å². The lowest BCUT2D eigenvalue weighted by Gasteiger charge is -2.07. The first kappa shape index (κ1) is 20.5. The maximum atomic E-state index is 12.5. The van der Waals surface area contributed by atoms with Crippen molar-refractivity contribution in [3.8, 4) is 11.1 Å². The monoisotopic (exact) mass is 407 g/mol. The van der Waals surface area contributed by atoms with Crippen molar-refractivity contribution in [3.05, 3.63) is 81.5 Å². The van der Waals surface area contributed by atoms with E-state index < -0.39 is 5.97 Å². The third-order valence-electron chi connectivity index (χ3n) is 4.36. The Labute approximate surface area is 173 Å². The summed E-state index contributed by atoms with van der Waals surface area (Å²) in [4.78, 5) is 36.3. The highest BCUT2D eigenvalue weighted by Crippen LogP contribution is 2.29. The molecule has 1 amide bonds. The highest BCUT2D eigenvalue weighted by molar-refractivity contribution is 7.12. The van der Waals surface area contributed by atoms with Gasteiger partial charge in [-0.05, 0) is 29.5 Å². The van der Waals surface area contributed by atoms with Gasteiger partial charge in [0.1, 0.15) is 4.88 Å². The van der Waals surface area contributed by atoms with Crippen LogP contribution in [0.2, 0.25) is 0 Å². The summed E-state index contributed by atoms with van der Waals surface area (Å²) in [5.41, 5.74) is 4.21. The summed E-state index contributed by atoms with van der Waals surface area (Å²) in [7, 11) is 0. The minimum Gasteiger partial charge on any atom is -0.453 e. The molecule has 5 nitrogen and oxygen atoms in total. The van der Waals surface area contributed by atoms with Crippen molar-refractivity contribution in [1.29, 1.82) is 0 Å². The first-order chi connectivity index (χ1) is 13.9. The molecule has 29 heavy (non-hydrogen) atoms. The number of amides is 1. The number of esters is 1. The van der Waals surface area contributed by atoms with Crippen molar-refractivity contribution in [2.24, 2.45) is 0 Å². The SMILES string of the molecule is CC(=O)NCc1ccc(C(=O)COC(=O)c2sccc2-c2ccc(C)cc2)cc1. The molecule has 0 aliphatic rings. The van der Waals surface area contributed by atoms with Crippen LogP contribution in [-0.2, 0) is 16.1 Å². The van der Waals surface area contributed by atoms with E-state index in [2.05, 4.69) is 5.32 Å². The van der Waals surface area contributed by atoms with Gasteiger partial charge in [-0.2, -0.15) is 0 Å². The molecule has 2 aromatic carbocycles. The highest BCUT2D eigenvalue weighted by Gasteiger charge is 2.18. The first-order valence-electron chi connectivity index (χ1n) is 9.12. The molecule has 1 N–H and O–H groups in total. The van der Waals surface area contributed by atoms with E-state index in [-0.39, 0.29) is 18.3 Å². The van der Waals surface area contributed by atoms with Crippen molar-refractivity contribution >= 4 is 29.0 Å². The first-order valence-corrected chi connectivity index (χ1v) is 10.0. The molecule has 148 valence electrons. The van der Waals surface area contributed by atoms with Gasteiger partial charge >= 0.3 is 5.97 Å². The van der Waals surface area contributed by atoms with E-state index in [9.17, 15) is 14.4 Å². The molecule has 0 fully saturated rings. The molecule has 0 aliphatic heterocycles. The Morgan fingerprint density at radius 2 is 1.66 bits per heavy atom. The zero-order chi connectivity index (χ0) is 20.8. The summed E-state index contributed by atoms with van der Waals surface area (Å²) in [5.74, 6) is -0.903. The molecular formula is C23H21NO4S. The van der Waals surface area contributed by atoms with Crippen LogP contribution in [0.3, 0.4) is 0 Å². The van der Waals surface area contributed by atoms with Crippen LogP contribution < -0.4 is 5.32 Å². The molecule has 6 heteroatoms. The standard InChI is InChI=1S/C23H21NO4S/c1-15-3-7-18(8-4-15)20-11-12-29-22(20)23(27)28-14-21(26)19-9-5-17(6-10-19)13-24-16(2)25/h3-12H,13-14H2,1-2H3,(H,24,25). The van der Waals surface area contributed by atoms with Gasteiger partial charge < -0.3 is 10.1 Å². The van der Waals surface area contributed by atoms with Crippen LogP contribution in [0.5, 0.6) is 0 Å². The van der Waals surface area contributed by atoms with E-state index in [4.69, 9.17) is 4.74 Å². The van der Waals surface area contributed by atoms with E-state index in [0.29, 0.717) is 17.0 Å². The van der Waals surface area contributed by atoms with Crippen LogP contribution in [0.4, 0.5) is 0 Å². The smallest absolute Gasteiger partial charge is 0.349 e. The summed E-state index contributed by atoms with van der Waals surface area (Å²) < 4.78 is 5.26. The van der Waals surface area contributed by atoms with Crippen LogP contribution in [0.25, 0.3) is 11.1 Å². The summed E-state index contributed by atoms with van der Waals surface area (Å²) in [6.45, 7) is 3.53. The van der Waals surface area contributed by atoms with Gasteiger partial charge in [0.2, 0.25) is 5.91 Å². The van der Waals surface area contributed by atoms with E-state index in [1.54, 1.807) is 24.3 Å². The van der Waals surface area contributed by atoms with Crippen LogP contribution >= 0.6 is 11.3 Å². The van der Waals surface area contributed by atoms with Crippen LogP contribution in [0.15, 0.2) is 60.0 Å². The Balaban J connectivity index is 1.61. The number of aryl methyl sites for hydroxylation is 1. The van der Waals surface area contributed by atoms with E-state index in [0.717, 1.165) is 22.3 Å². The number of hydrogen-bond acceptors (Lipinski definition) is 5. The van der Waals surface area contributed by atoms with Crippen molar-refractivity contribution in [1.82, 2.24) is 5.32 Å². The number of carbonyl (C=O) groups is 3. The fourth-order valence-electron chi connectivity index (χ4n) is 2.74. The second-order valence-electron chi connectivity index (χ2n) is 6.64. The molecule has 0 bridgehead atoms. The quantitative estimate of drug-likeness (QED) is 0.465. The zero-order valence-electron chi connectivity index (χ0n) is 16.2. The number of nitrogens with one attached hydrogen (secondary N) is 1. The van der Waals surface area contributed by atoms with Gasteiger partial charge in [0, 0.05) is 24.6 Å². The number of carbonyl (C=O) groups excluding carboxylic acids is 3. The third kappa shape index (κ3) is 5.39. The predicted molar refractivity (Wildman–Crippen MR) is 113 cm³/mol. The molecule has 0 radical (unpaired) electrons. The lowest BCUT2D eigenvalue weighted by Crippen LogP contribution is -2.19. The topological polar surface area (TPSA) is 72.5 Å². The number of Topliss-reactive ketones (excluding diaryl/α,β-unsaturated/α-hetero) is 1. The number of rotatable bonds is 7. The molecule has 1 heterocycles. The van der Waals surface area contributed by atoms with Crippen molar-refractivity contribution in [2.75, 3.05) is 6.61 Å². The van der Waals surface area contributed by atoms with Crippen molar-refractivity contribution in [3.63, 3.8) is 0 Å². The van der Waals surface area contributed by atoms with E-state index >= 15 is 0 Å². The Bertz CT molecular complexity index is 1020. The van der Waals surface area contributed by atoms with Crippen molar-refractivity contribution < 1.29 is 19.1 Å². The second kappa shape index (κ2) is 9.30. The molecule has 0 unspecified atom stereocenters. The lowest BCUT2D eigenvalue weighted by molar-refractivity contribution is -0.119. The van der Waals surface area contributed by atoms with E-state index in [1.807, 2.05) is 42.6 Å². The Morgan fingerprint density at radius 3 is 2.31 bits per heavy atom. The summed E-state index contributed by atoms with van der Waals surface area (Å²) in [6, 6.07) is 16.6. The summed E-state index contributed by atoms with van der Waals surface area (Å²) >= 11 is 1.29. The lowest BCUT2D eigenvalue weighted by atomic mass is 10.1. The van der Waals surface area contributed by atoms with Gasteiger partial charge in [0.25, 0.3) is 0 Å². The van der Waals surface area contributed by atoms with Crippen LogP contribution in [0.1, 0.15) is 38.1 Å². The highest BCUT2D eigenvalue weighted by atomic mass is 32.1. The average molecular weight is 407 g/mol. The third-order valence-corrected chi connectivity index (χ3v) is 5.26. The van der Waals surface area contributed by atoms with E-state index in [1.165, 1.54) is 18.3 Å². The van der Waals surface area contributed by atoms with Gasteiger partial charge in [0.05, 0.1) is 0 Å². The molecule has 0 atom stereocenters. The predicted octanol–water partition coefficient (Wildman–Crippen LogP) is 4.40. The molecule has 1 aromatic heterocycles. The Morgan fingerprint density at radius 1 is 0.966 bits per heavy atom. The number of ether oxygens (including phenoxy) is 1. The number of benzene rings is 2. The van der Waals surface area contributed by atoms with Gasteiger partial charge in [-0.15, -0.1) is 11.3 Å². The second-order valence-corrected chi connectivity index (χ2v) is 7.55.